The number of benzene rings is 1. The molecule has 17 heavy (non-hydrogen) atoms. The first kappa shape index (κ1) is 12.5. The second kappa shape index (κ2) is 6.12. The molecule has 1 aromatic carbocycles. The van der Waals surface area contributed by atoms with Gasteiger partial charge in [-0.3, -0.25) is 0 Å². The van der Waals surface area contributed by atoms with Gasteiger partial charge in [-0.1, -0.05) is 25.1 Å². The predicted octanol–water partition coefficient (Wildman–Crippen LogP) is 3.05. The molecule has 0 radical (unpaired) electrons. The molecule has 2 unspecified atom stereocenters. The minimum atomic E-state index is -0.128. The van der Waals surface area contributed by atoms with Crippen molar-refractivity contribution >= 4 is 0 Å². The van der Waals surface area contributed by atoms with E-state index in [2.05, 4.69) is 5.32 Å². The third-order valence-electron chi connectivity index (χ3n) is 3.25. The summed E-state index contributed by atoms with van der Waals surface area (Å²) in [6, 6.07) is 7.06. The number of hydrogen-bond acceptors (Lipinski definition) is 2. The van der Waals surface area contributed by atoms with Crippen LogP contribution >= 0.6 is 0 Å². The van der Waals surface area contributed by atoms with Crippen LogP contribution in [0.15, 0.2) is 24.3 Å². The van der Waals surface area contributed by atoms with Crippen LogP contribution in [0.5, 0.6) is 0 Å². The van der Waals surface area contributed by atoms with Gasteiger partial charge in [0.25, 0.3) is 0 Å². The smallest absolute Gasteiger partial charge is 0.127 e. The predicted molar refractivity (Wildman–Crippen MR) is 66.4 cm³/mol. The van der Waals surface area contributed by atoms with Crippen LogP contribution in [0.4, 0.5) is 4.39 Å². The minimum Gasteiger partial charge on any atom is -0.378 e. The Bertz CT molecular complexity index is 350. The Morgan fingerprint density at radius 3 is 2.94 bits per heavy atom. The standard InChI is InChI=1S/C14H20FNO/c1-2-16-14(10-11-6-5-9-17-11)12-7-3-4-8-13(12)15/h3-4,7-8,11,14,16H,2,5-6,9-10H2,1H3. The van der Waals surface area contributed by atoms with Gasteiger partial charge in [-0.25, -0.2) is 4.39 Å². The number of ether oxygens (including phenoxy) is 1. The molecule has 3 heteroatoms. The summed E-state index contributed by atoms with van der Waals surface area (Å²) in [6.45, 7) is 3.73. The summed E-state index contributed by atoms with van der Waals surface area (Å²) in [7, 11) is 0. The van der Waals surface area contributed by atoms with E-state index >= 15 is 0 Å². The highest BCUT2D eigenvalue weighted by Crippen LogP contribution is 2.26. The zero-order chi connectivity index (χ0) is 12.1. The topological polar surface area (TPSA) is 21.3 Å². The van der Waals surface area contributed by atoms with Gasteiger partial charge in [0.15, 0.2) is 0 Å². The van der Waals surface area contributed by atoms with E-state index in [1.165, 1.54) is 6.07 Å². The van der Waals surface area contributed by atoms with Gasteiger partial charge in [0.1, 0.15) is 5.82 Å². The van der Waals surface area contributed by atoms with Crippen molar-refractivity contribution in [3.05, 3.63) is 35.6 Å². The molecule has 1 saturated heterocycles. The van der Waals surface area contributed by atoms with E-state index in [9.17, 15) is 4.39 Å². The maximum atomic E-state index is 13.8. The highest BCUT2D eigenvalue weighted by Gasteiger charge is 2.22. The minimum absolute atomic E-state index is 0.0595. The fourth-order valence-electron chi connectivity index (χ4n) is 2.42. The molecule has 1 heterocycles. The van der Waals surface area contributed by atoms with Crippen molar-refractivity contribution in [2.45, 2.75) is 38.3 Å². The van der Waals surface area contributed by atoms with Crippen LogP contribution < -0.4 is 5.32 Å². The SMILES string of the molecule is CCNC(CC1CCCO1)c1ccccc1F. The Morgan fingerprint density at radius 2 is 2.29 bits per heavy atom. The van der Waals surface area contributed by atoms with Crippen LogP contribution in [0.2, 0.25) is 0 Å². The van der Waals surface area contributed by atoms with Gasteiger partial charge in [-0.2, -0.15) is 0 Å². The molecule has 1 aromatic rings. The maximum Gasteiger partial charge on any atom is 0.127 e. The Hall–Kier alpha value is -0.930. The van der Waals surface area contributed by atoms with Crippen molar-refractivity contribution in [1.29, 1.82) is 0 Å². The Kier molecular flexibility index (Phi) is 4.51. The maximum absolute atomic E-state index is 13.8. The van der Waals surface area contributed by atoms with Crippen LogP contribution in [0.1, 0.15) is 37.8 Å². The largest absolute Gasteiger partial charge is 0.378 e. The summed E-state index contributed by atoms with van der Waals surface area (Å²) in [6.07, 6.45) is 3.35. The lowest BCUT2D eigenvalue weighted by Gasteiger charge is -2.22. The van der Waals surface area contributed by atoms with E-state index in [1.54, 1.807) is 6.07 Å². The van der Waals surface area contributed by atoms with Gasteiger partial charge in [0.2, 0.25) is 0 Å². The molecule has 1 aliphatic heterocycles. The number of nitrogens with one attached hydrogen (secondary N) is 1. The van der Waals surface area contributed by atoms with Crippen LogP contribution in [-0.2, 0) is 4.74 Å². The second-order valence-corrected chi connectivity index (χ2v) is 4.50. The van der Waals surface area contributed by atoms with E-state index in [4.69, 9.17) is 4.74 Å². The average molecular weight is 237 g/mol. The molecular formula is C14H20FNO. The zero-order valence-electron chi connectivity index (χ0n) is 10.3. The number of hydrogen-bond donors (Lipinski definition) is 1. The summed E-state index contributed by atoms with van der Waals surface area (Å²) in [5.74, 6) is -0.128. The molecule has 94 valence electrons. The van der Waals surface area contributed by atoms with E-state index < -0.39 is 0 Å². The normalized spacial score (nSPS) is 21.6. The van der Waals surface area contributed by atoms with Crippen molar-refractivity contribution in [1.82, 2.24) is 5.32 Å². The lowest BCUT2D eigenvalue weighted by Crippen LogP contribution is -2.26. The summed E-state index contributed by atoms with van der Waals surface area (Å²) in [5.41, 5.74) is 0.754. The summed E-state index contributed by atoms with van der Waals surface area (Å²) >= 11 is 0. The van der Waals surface area contributed by atoms with Crippen LogP contribution in [-0.4, -0.2) is 19.3 Å². The van der Waals surface area contributed by atoms with Gasteiger partial charge in [0.05, 0.1) is 6.10 Å². The molecule has 0 amide bonds. The molecular weight excluding hydrogens is 217 g/mol. The van der Waals surface area contributed by atoms with Crippen molar-refractivity contribution in [3.8, 4) is 0 Å². The lowest BCUT2D eigenvalue weighted by atomic mass is 9.99. The number of rotatable bonds is 5. The highest BCUT2D eigenvalue weighted by atomic mass is 19.1. The zero-order valence-corrected chi connectivity index (χ0v) is 10.3. The van der Waals surface area contributed by atoms with Crippen molar-refractivity contribution in [2.75, 3.05) is 13.2 Å². The Balaban J connectivity index is 2.08. The van der Waals surface area contributed by atoms with Gasteiger partial charge in [-0.05, 0) is 31.9 Å². The molecule has 0 aromatic heterocycles. The first-order chi connectivity index (χ1) is 8.31. The fraction of sp³-hybridized carbons (Fsp3) is 0.571. The molecule has 1 N–H and O–H groups in total. The molecule has 0 saturated carbocycles. The molecule has 0 aliphatic carbocycles. The van der Waals surface area contributed by atoms with Gasteiger partial charge in [0, 0.05) is 18.2 Å². The molecule has 0 bridgehead atoms. The first-order valence-corrected chi connectivity index (χ1v) is 6.40. The van der Waals surface area contributed by atoms with E-state index in [0.29, 0.717) is 0 Å². The van der Waals surface area contributed by atoms with Crippen molar-refractivity contribution in [2.24, 2.45) is 0 Å². The van der Waals surface area contributed by atoms with E-state index in [0.717, 1.165) is 38.0 Å². The monoisotopic (exact) mass is 237 g/mol. The highest BCUT2D eigenvalue weighted by molar-refractivity contribution is 5.21. The van der Waals surface area contributed by atoms with E-state index in [1.807, 2.05) is 19.1 Å². The third-order valence-corrected chi connectivity index (χ3v) is 3.25. The lowest BCUT2D eigenvalue weighted by molar-refractivity contribution is 0.0944. The molecule has 1 aliphatic rings. The van der Waals surface area contributed by atoms with Gasteiger partial charge in [-0.15, -0.1) is 0 Å². The third kappa shape index (κ3) is 3.27. The number of halogens is 1. The van der Waals surface area contributed by atoms with Crippen LogP contribution in [0, 0.1) is 5.82 Å². The van der Waals surface area contributed by atoms with Crippen LogP contribution in [0.25, 0.3) is 0 Å². The molecule has 2 rings (SSSR count). The molecule has 2 nitrogen and oxygen atoms in total. The summed E-state index contributed by atoms with van der Waals surface area (Å²) < 4.78 is 19.4. The average Bonchev–Trinajstić information content (AvgIpc) is 2.82. The molecule has 1 fully saturated rings. The van der Waals surface area contributed by atoms with Crippen LogP contribution in [0.3, 0.4) is 0 Å². The molecule has 2 atom stereocenters. The quantitative estimate of drug-likeness (QED) is 0.850. The van der Waals surface area contributed by atoms with Gasteiger partial charge < -0.3 is 10.1 Å². The fourth-order valence-corrected chi connectivity index (χ4v) is 2.42. The first-order valence-electron chi connectivity index (χ1n) is 6.40. The summed E-state index contributed by atoms with van der Waals surface area (Å²) in [4.78, 5) is 0. The second-order valence-electron chi connectivity index (χ2n) is 4.50. The Morgan fingerprint density at radius 1 is 1.47 bits per heavy atom. The van der Waals surface area contributed by atoms with Crippen molar-refractivity contribution < 1.29 is 9.13 Å². The Labute approximate surface area is 102 Å². The van der Waals surface area contributed by atoms with Gasteiger partial charge >= 0.3 is 0 Å². The van der Waals surface area contributed by atoms with E-state index in [-0.39, 0.29) is 18.0 Å². The summed E-state index contributed by atoms with van der Waals surface area (Å²) in [5, 5.41) is 3.35. The molecule has 0 spiro atoms. The van der Waals surface area contributed by atoms with Crippen molar-refractivity contribution in [3.63, 3.8) is 0 Å².